The van der Waals surface area contributed by atoms with Gasteiger partial charge < -0.3 is 9.26 Å². The minimum absolute atomic E-state index is 0.156. The lowest BCUT2D eigenvalue weighted by atomic mass is 10.1. The van der Waals surface area contributed by atoms with Gasteiger partial charge in [0.05, 0.1) is 12.8 Å². The van der Waals surface area contributed by atoms with E-state index in [1.807, 2.05) is 6.92 Å². The van der Waals surface area contributed by atoms with Gasteiger partial charge in [0, 0.05) is 0 Å². The molecule has 0 spiro atoms. The number of methoxy groups -OCH3 is 1. The lowest BCUT2D eigenvalue weighted by Crippen LogP contribution is -2.15. The number of ether oxygens (including phenoxy) is 1. The van der Waals surface area contributed by atoms with Crippen LogP contribution < -0.4 is 10.1 Å². The van der Waals surface area contributed by atoms with Crippen LogP contribution in [0.4, 0.5) is 5.95 Å². The van der Waals surface area contributed by atoms with Gasteiger partial charge in [-0.05, 0) is 13.3 Å². The van der Waals surface area contributed by atoms with Gasteiger partial charge in [0.1, 0.15) is 11.3 Å². The van der Waals surface area contributed by atoms with Gasteiger partial charge in [-0.25, -0.2) is 5.10 Å². The number of amides is 1. The van der Waals surface area contributed by atoms with Gasteiger partial charge >= 0.3 is 6.01 Å². The molecule has 2 aromatic heterocycles. The number of nitrogens with one attached hydrogen (secondary N) is 2. The first-order chi connectivity index (χ1) is 8.65. The summed E-state index contributed by atoms with van der Waals surface area (Å²) in [6, 6.07) is 0.156. The van der Waals surface area contributed by atoms with Crippen LogP contribution in [0.5, 0.6) is 6.01 Å². The van der Waals surface area contributed by atoms with Crippen LogP contribution in [0.3, 0.4) is 0 Å². The fourth-order valence-corrected chi connectivity index (χ4v) is 1.51. The van der Waals surface area contributed by atoms with E-state index in [0.29, 0.717) is 23.4 Å². The monoisotopic (exact) mass is 251 g/mol. The number of anilines is 1. The first-order valence-corrected chi connectivity index (χ1v) is 5.38. The van der Waals surface area contributed by atoms with Gasteiger partial charge in [0.15, 0.2) is 0 Å². The molecule has 2 heterocycles. The Bertz CT molecular complexity index is 560. The molecule has 0 radical (unpaired) electrons. The van der Waals surface area contributed by atoms with Crippen LogP contribution in [-0.2, 0) is 6.42 Å². The number of carbonyl (C=O) groups is 1. The highest BCUT2D eigenvalue weighted by atomic mass is 16.5. The van der Waals surface area contributed by atoms with Crippen molar-refractivity contribution in [3.8, 4) is 6.01 Å². The summed E-state index contributed by atoms with van der Waals surface area (Å²) in [5.41, 5.74) is 1.03. The van der Waals surface area contributed by atoms with Crippen LogP contribution in [0.2, 0.25) is 0 Å². The molecule has 0 bridgehead atoms. The number of hydrogen-bond donors (Lipinski definition) is 2. The second-order valence-electron chi connectivity index (χ2n) is 3.54. The summed E-state index contributed by atoms with van der Waals surface area (Å²) in [4.78, 5) is 15.9. The number of carbonyl (C=O) groups excluding carboxylic acids is 1. The highest BCUT2D eigenvalue weighted by Crippen LogP contribution is 2.15. The standard InChI is InChI=1S/C10H13N5O3/c1-4-6-7(5(2)18-15-6)8(16)11-9-12-10(17-3)14-13-9/h4H2,1-3H3,(H2,11,12,13,14,16). The van der Waals surface area contributed by atoms with Gasteiger partial charge in [0.25, 0.3) is 5.91 Å². The Morgan fingerprint density at radius 3 is 2.94 bits per heavy atom. The van der Waals surface area contributed by atoms with E-state index >= 15 is 0 Å². The molecular formula is C10H13N5O3. The van der Waals surface area contributed by atoms with Crippen molar-refractivity contribution in [3.05, 3.63) is 17.0 Å². The van der Waals surface area contributed by atoms with Gasteiger partial charge in [-0.2, -0.15) is 4.98 Å². The highest BCUT2D eigenvalue weighted by molar-refractivity contribution is 6.04. The molecule has 1 amide bonds. The lowest BCUT2D eigenvalue weighted by molar-refractivity contribution is 0.102. The number of rotatable bonds is 4. The van der Waals surface area contributed by atoms with Gasteiger partial charge in [-0.15, -0.1) is 5.10 Å². The number of aromatic nitrogens is 4. The first-order valence-electron chi connectivity index (χ1n) is 5.38. The number of aryl methyl sites for hydroxylation is 2. The predicted octanol–water partition coefficient (Wildman–Crippen LogP) is 0.924. The third-order valence-corrected chi connectivity index (χ3v) is 2.37. The van der Waals surface area contributed by atoms with E-state index in [1.54, 1.807) is 6.92 Å². The molecule has 2 N–H and O–H groups in total. The summed E-state index contributed by atoms with van der Waals surface area (Å²) >= 11 is 0. The van der Waals surface area contributed by atoms with Crippen molar-refractivity contribution in [1.29, 1.82) is 0 Å². The van der Waals surface area contributed by atoms with E-state index < -0.39 is 0 Å². The molecule has 0 unspecified atom stereocenters. The second-order valence-corrected chi connectivity index (χ2v) is 3.54. The van der Waals surface area contributed by atoms with Crippen LogP contribution in [0, 0.1) is 6.92 Å². The predicted molar refractivity (Wildman–Crippen MR) is 61.5 cm³/mol. The fraction of sp³-hybridized carbons (Fsp3) is 0.400. The Balaban J connectivity index is 2.18. The minimum atomic E-state index is -0.343. The van der Waals surface area contributed by atoms with Crippen molar-refractivity contribution in [2.75, 3.05) is 12.4 Å². The third kappa shape index (κ3) is 2.17. The molecule has 0 fully saturated rings. The normalized spacial score (nSPS) is 10.4. The van der Waals surface area contributed by atoms with Crippen molar-refractivity contribution in [3.63, 3.8) is 0 Å². The Morgan fingerprint density at radius 2 is 2.33 bits per heavy atom. The Labute approximate surface area is 103 Å². The molecule has 0 atom stereocenters. The van der Waals surface area contributed by atoms with E-state index in [4.69, 9.17) is 9.26 Å². The first kappa shape index (κ1) is 12.1. The van der Waals surface area contributed by atoms with Crippen LogP contribution in [-0.4, -0.2) is 33.4 Å². The summed E-state index contributed by atoms with van der Waals surface area (Å²) in [5, 5.41) is 12.6. The SMILES string of the molecule is CCc1noc(C)c1C(=O)Nc1nc(OC)n[nH]1. The molecule has 0 saturated heterocycles. The summed E-state index contributed by atoms with van der Waals surface area (Å²) in [6.07, 6.45) is 0.611. The maximum Gasteiger partial charge on any atom is 0.336 e. The molecule has 0 saturated carbocycles. The van der Waals surface area contributed by atoms with Crippen molar-refractivity contribution >= 4 is 11.9 Å². The molecule has 0 aliphatic rings. The fourth-order valence-electron chi connectivity index (χ4n) is 1.51. The second kappa shape index (κ2) is 4.86. The molecule has 18 heavy (non-hydrogen) atoms. The number of H-pyrrole nitrogens is 1. The van der Waals surface area contributed by atoms with Crippen molar-refractivity contribution in [2.24, 2.45) is 0 Å². The molecule has 8 nitrogen and oxygen atoms in total. The van der Waals surface area contributed by atoms with Crippen molar-refractivity contribution < 1.29 is 14.1 Å². The summed E-state index contributed by atoms with van der Waals surface area (Å²) in [5.74, 6) is 0.333. The summed E-state index contributed by atoms with van der Waals surface area (Å²) < 4.78 is 9.79. The zero-order chi connectivity index (χ0) is 13.1. The Kier molecular flexibility index (Phi) is 3.26. The van der Waals surface area contributed by atoms with Gasteiger partial charge in [0.2, 0.25) is 5.95 Å². The van der Waals surface area contributed by atoms with Crippen molar-refractivity contribution in [2.45, 2.75) is 20.3 Å². The summed E-state index contributed by atoms with van der Waals surface area (Å²) in [6.45, 7) is 3.58. The molecule has 0 aliphatic heterocycles. The van der Waals surface area contributed by atoms with E-state index in [0.717, 1.165) is 0 Å². The molecule has 0 aliphatic carbocycles. The molecule has 96 valence electrons. The largest absolute Gasteiger partial charge is 0.466 e. The van der Waals surface area contributed by atoms with E-state index in [9.17, 15) is 4.79 Å². The zero-order valence-corrected chi connectivity index (χ0v) is 10.3. The molecule has 8 heteroatoms. The lowest BCUT2D eigenvalue weighted by Gasteiger charge is -2.00. The number of aromatic amines is 1. The quantitative estimate of drug-likeness (QED) is 0.837. The van der Waals surface area contributed by atoms with Gasteiger partial charge in [-0.1, -0.05) is 12.1 Å². The smallest absolute Gasteiger partial charge is 0.336 e. The number of hydrogen-bond acceptors (Lipinski definition) is 6. The van der Waals surface area contributed by atoms with Crippen LogP contribution in [0.1, 0.15) is 28.7 Å². The Morgan fingerprint density at radius 1 is 1.56 bits per heavy atom. The van der Waals surface area contributed by atoms with Gasteiger partial charge in [-0.3, -0.25) is 10.1 Å². The minimum Gasteiger partial charge on any atom is -0.466 e. The maximum atomic E-state index is 12.0. The molecule has 0 aromatic carbocycles. The molecule has 2 aromatic rings. The van der Waals surface area contributed by atoms with E-state index in [-0.39, 0.29) is 17.9 Å². The van der Waals surface area contributed by atoms with E-state index in [1.165, 1.54) is 7.11 Å². The third-order valence-electron chi connectivity index (χ3n) is 2.37. The Hall–Kier alpha value is -2.38. The summed E-state index contributed by atoms with van der Waals surface area (Å²) in [7, 11) is 1.44. The topological polar surface area (TPSA) is 106 Å². The average Bonchev–Trinajstić information content (AvgIpc) is 2.95. The average molecular weight is 251 g/mol. The molecular weight excluding hydrogens is 238 g/mol. The van der Waals surface area contributed by atoms with E-state index in [2.05, 4.69) is 25.7 Å². The molecule has 2 rings (SSSR count). The van der Waals surface area contributed by atoms with Crippen LogP contribution in [0.25, 0.3) is 0 Å². The highest BCUT2D eigenvalue weighted by Gasteiger charge is 2.20. The zero-order valence-electron chi connectivity index (χ0n) is 10.3. The van der Waals surface area contributed by atoms with Crippen LogP contribution >= 0.6 is 0 Å². The van der Waals surface area contributed by atoms with Crippen LogP contribution in [0.15, 0.2) is 4.52 Å². The maximum absolute atomic E-state index is 12.0. The van der Waals surface area contributed by atoms with Crippen molar-refractivity contribution in [1.82, 2.24) is 20.3 Å². The number of nitrogens with zero attached hydrogens (tertiary/aromatic N) is 3.